The topological polar surface area (TPSA) is 142 Å². The van der Waals surface area contributed by atoms with Gasteiger partial charge >= 0.3 is 23.9 Å². The van der Waals surface area contributed by atoms with Crippen molar-refractivity contribution in [3.05, 3.63) is 23.8 Å². The summed E-state index contributed by atoms with van der Waals surface area (Å²) in [5.74, 6) is -3.81. The van der Waals surface area contributed by atoms with Crippen LogP contribution in [0.15, 0.2) is 18.2 Å². The number of carboxylic acids is 1. The molecule has 0 spiro atoms. The summed E-state index contributed by atoms with van der Waals surface area (Å²) in [5.41, 5.74) is 6.30. The van der Waals surface area contributed by atoms with E-state index in [-0.39, 0.29) is 48.0 Å². The van der Waals surface area contributed by atoms with E-state index < -0.39 is 47.9 Å². The van der Waals surface area contributed by atoms with Crippen LogP contribution in [0, 0.1) is 23.2 Å². The van der Waals surface area contributed by atoms with Gasteiger partial charge in [0.15, 0.2) is 11.5 Å². The Morgan fingerprint density at radius 1 is 0.842 bits per heavy atom. The van der Waals surface area contributed by atoms with Gasteiger partial charge in [0, 0.05) is 24.7 Å². The monoisotopic (exact) mass is 535 g/mol. The number of nitrogens with two attached hydrogens (primary N) is 1. The van der Waals surface area contributed by atoms with Crippen molar-refractivity contribution < 1.29 is 38.5 Å². The molecule has 0 heterocycles. The van der Waals surface area contributed by atoms with Crippen LogP contribution in [0.5, 0.6) is 11.5 Å². The number of aliphatic carboxylic acids is 1. The summed E-state index contributed by atoms with van der Waals surface area (Å²) in [4.78, 5) is 49.3. The first-order chi connectivity index (χ1) is 17.4. The predicted octanol–water partition coefficient (Wildman–Crippen LogP) is 5.09. The molecule has 214 valence electrons. The maximum atomic E-state index is 12.5. The summed E-state index contributed by atoms with van der Waals surface area (Å²) in [7, 11) is 0. The van der Waals surface area contributed by atoms with E-state index in [1.54, 1.807) is 19.9 Å². The molecule has 1 aromatic carbocycles. The molecule has 0 aliphatic heterocycles. The Kier molecular flexibility index (Phi) is 12.4. The Hall–Kier alpha value is -2.94. The Labute approximate surface area is 226 Å². The summed E-state index contributed by atoms with van der Waals surface area (Å²) >= 11 is 0. The van der Waals surface area contributed by atoms with Gasteiger partial charge in [0.05, 0.1) is 6.42 Å². The molecule has 0 aromatic heterocycles. The first-order valence-electron chi connectivity index (χ1n) is 13.1. The maximum absolute atomic E-state index is 12.5. The molecular formula is C29H45NO8. The summed E-state index contributed by atoms with van der Waals surface area (Å²) < 4.78 is 16.7. The molecule has 3 unspecified atom stereocenters. The van der Waals surface area contributed by atoms with Gasteiger partial charge in [-0.2, -0.15) is 0 Å². The largest absolute Gasteiger partial charge is 0.480 e. The molecule has 3 N–H and O–H groups in total. The first-order valence-corrected chi connectivity index (χ1v) is 13.1. The highest BCUT2D eigenvalue weighted by molar-refractivity contribution is 5.77. The third-order valence-electron chi connectivity index (χ3n) is 5.92. The molecule has 0 saturated heterocycles. The molecule has 9 nitrogen and oxygen atoms in total. The number of hydrogen-bond acceptors (Lipinski definition) is 8. The van der Waals surface area contributed by atoms with Crippen molar-refractivity contribution in [2.75, 3.05) is 0 Å². The van der Waals surface area contributed by atoms with Crippen molar-refractivity contribution in [2.24, 2.45) is 28.9 Å². The van der Waals surface area contributed by atoms with E-state index in [2.05, 4.69) is 0 Å². The lowest BCUT2D eigenvalue weighted by molar-refractivity contribution is -0.153. The van der Waals surface area contributed by atoms with Crippen LogP contribution in [-0.2, 0) is 23.9 Å². The Morgan fingerprint density at radius 3 is 1.79 bits per heavy atom. The van der Waals surface area contributed by atoms with Gasteiger partial charge in [-0.1, -0.05) is 61.5 Å². The van der Waals surface area contributed by atoms with E-state index in [0.29, 0.717) is 5.56 Å². The number of carbonyl (C=O) groups excluding carboxylic acids is 3. The molecule has 1 rings (SSSR count). The lowest BCUT2D eigenvalue weighted by Crippen LogP contribution is -2.42. The number of ether oxygens (including phenoxy) is 3. The second-order valence-corrected chi connectivity index (χ2v) is 12.0. The zero-order valence-electron chi connectivity index (χ0n) is 24.2. The van der Waals surface area contributed by atoms with Crippen molar-refractivity contribution >= 4 is 23.9 Å². The van der Waals surface area contributed by atoms with Crippen LogP contribution in [0.2, 0.25) is 0 Å². The Bertz CT molecular complexity index is 979. The normalized spacial score (nSPS) is 14.9. The predicted molar refractivity (Wildman–Crippen MR) is 144 cm³/mol. The number of carboxylic acid groups (broad SMARTS) is 1. The van der Waals surface area contributed by atoms with E-state index in [1.165, 1.54) is 12.1 Å². The van der Waals surface area contributed by atoms with Gasteiger partial charge in [0.1, 0.15) is 12.1 Å². The highest BCUT2D eigenvalue weighted by atomic mass is 16.6. The fourth-order valence-electron chi connectivity index (χ4n) is 3.96. The zero-order valence-corrected chi connectivity index (χ0v) is 24.2. The molecule has 0 fully saturated rings. The quantitative estimate of drug-likeness (QED) is 0.261. The molecule has 0 aliphatic carbocycles. The highest BCUT2D eigenvalue weighted by Gasteiger charge is 2.36. The van der Waals surface area contributed by atoms with Gasteiger partial charge in [-0.15, -0.1) is 0 Å². The molecular weight excluding hydrogens is 490 g/mol. The lowest BCUT2D eigenvalue weighted by Gasteiger charge is -2.32. The van der Waals surface area contributed by atoms with Gasteiger partial charge in [0.2, 0.25) is 0 Å². The van der Waals surface area contributed by atoms with Gasteiger partial charge in [-0.25, -0.2) is 0 Å². The van der Waals surface area contributed by atoms with Crippen LogP contribution in [-0.4, -0.2) is 41.1 Å². The second-order valence-electron chi connectivity index (χ2n) is 12.0. The van der Waals surface area contributed by atoms with E-state index in [0.717, 1.165) is 0 Å². The number of carbonyl (C=O) groups is 4. The average Bonchev–Trinajstić information content (AvgIpc) is 2.72. The zero-order chi connectivity index (χ0) is 29.4. The second kappa shape index (κ2) is 14.3. The number of rotatable bonds is 13. The average molecular weight is 536 g/mol. The Balaban J connectivity index is 3.43. The van der Waals surface area contributed by atoms with E-state index in [1.807, 2.05) is 48.5 Å². The first kappa shape index (κ1) is 33.1. The van der Waals surface area contributed by atoms with Crippen LogP contribution in [0.1, 0.15) is 93.1 Å². The molecule has 0 amide bonds. The summed E-state index contributed by atoms with van der Waals surface area (Å²) in [6.45, 7) is 16.7. The molecule has 38 heavy (non-hydrogen) atoms. The molecule has 0 aliphatic rings. The standard InChI is InChI=1S/C29H45NO8/c1-16(2)12-23(31)37-21-11-10-20(14-22(21)38-24(32)13-17(3)4)26(27(30)28(34)35)18(5)19(6)36-25(33)15-29(7,8)9/h10-11,14,16-19,26-27H,12-13,15,30H2,1-9H3,(H,34,35)/t18?,19?,26?,27-/m0/s1. The van der Waals surface area contributed by atoms with Crippen LogP contribution in [0.4, 0.5) is 0 Å². The van der Waals surface area contributed by atoms with Crippen molar-refractivity contribution in [1.29, 1.82) is 0 Å². The minimum Gasteiger partial charge on any atom is -0.480 e. The van der Waals surface area contributed by atoms with Gasteiger partial charge in [-0.05, 0) is 41.9 Å². The van der Waals surface area contributed by atoms with Crippen LogP contribution in [0.25, 0.3) is 0 Å². The third kappa shape index (κ3) is 11.2. The van der Waals surface area contributed by atoms with Crippen LogP contribution < -0.4 is 15.2 Å². The number of hydrogen-bond donors (Lipinski definition) is 2. The minimum absolute atomic E-state index is 0.00238. The van der Waals surface area contributed by atoms with E-state index in [9.17, 15) is 24.3 Å². The lowest BCUT2D eigenvalue weighted by atomic mass is 9.79. The third-order valence-corrected chi connectivity index (χ3v) is 5.92. The summed E-state index contributed by atoms with van der Waals surface area (Å²) in [5, 5.41) is 9.76. The molecule has 0 saturated carbocycles. The van der Waals surface area contributed by atoms with Crippen molar-refractivity contribution in [3.8, 4) is 11.5 Å². The molecule has 0 bridgehead atoms. The number of esters is 3. The van der Waals surface area contributed by atoms with Gasteiger partial charge in [-0.3, -0.25) is 19.2 Å². The maximum Gasteiger partial charge on any atom is 0.321 e. The summed E-state index contributed by atoms with van der Waals surface area (Å²) in [6, 6.07) is 3.19. The van der Waals surface area contributed by atoms with E-state index >= 15 is 0 Å². The van der Waals surface area contributed by atoms with Crippen molar-refractivity contribution in [3.63, 3.8) is 0 Å². The van der Waals surface area contributed by atoms with Gasteiger partial charge < -0.3 is 25.1 Å². The molecule has 4 atom stereocenters. The molecule has 9 heteroatoms. The molecule has 1 aromatic rings. The number of benzene rings is 1. The van der Waals surface area contributed by atoms with E-state index in [4.69, 9.17) is 19.9 Å². The van der Waals surface area contributed by atoms with Gasteiger partial charge in [0.25, 0.3) is 0 Å². The van der Waals surface area contributed by atoms with Crippen molar-refractivity contribution in [2.45, 2.75) is 99.6 Å². The Morgan fingerprint density at radius 2 is 1.34 bits per heavy atom. The van der Waals surface area contributed by atoms with Crippen LogP contribution >= 0.6 is 0 Å². The molecule has 0 radical (unpaired) electrons. The minimum atomic E-state index is -1.35. The fourth-order valence-corrected chi connectivity index (χ4v) is 3.96. The highest BCUT2D eigenvalue weighted by Crippen LogP contribution is 2.37. The smallest absolute Gasteiger partial charge is 0.321 e. The van der Waals surface area contributed by atoms with Crippen LogP contribution in [0.3, 0.4) is 0 Å². The summed E-state index contributed by atoms with van der Waals surface area (Å²) in [6.07, 6.45) is -0.150. The fraction of sp³-hybridized carbons (Fsp3) is 0.655. The SMILES string of the molecule is CC(C)CC(=O)Oc1ccc(C(C(C)C(C)OC(=O)CC(C)(C)C)[C@H](N)C(=O)O)cc1OC(=O)CC(C)C. The van der Waals surface area contributed by atoms with Crippen molar-refractivity contribution in [1.82, 2.24) is 0 Å².